The van der Waals surface area contributed by atoms with E-state index in [-0.39, 0.29) is 36.8 Å². The first kappa shape index (κ1) is 27.6. The van der Waals surface area contributed by atoms with E-state index in [0.717, 1.165) is 24.8 Å². The lowest BCUT2D eigenvalue weighted by atomic mass is 9.46. The zero-order valence-corrected chi connectivity index (χ0v) is 23.1. The molecule has 3 saturated carbocycles. The normalized spacial score (nSPS) is 41.2. The van der Waals surface area contributed by atoms with Gasteiger partial charge in [-0.25, -0.2) is 0 Å². The molecule has 0 aliphatic heterocycles. The van der Waals surface area contributed by atoms with E-state index < -0.39 is 32.8 Å². The molecule has 200 valence electrons. The summed E-state index contributed by atoms with van der Waals surface area (Å²) < 4.78 is 21.3. The highest BCUT2D eigenvalue weighted by Crippen LogP contribution is 2.71. The lowest BCUT2D eigenvalue weighted by molar-refractivity contribution is -0.215. The number of Topliss-reactive ketones (excluding diaryl/α,β-unsaturated/α-hetero) is 1. The number of alkyl halides is 1. The van der Waals surface area contributed by atoms with Crippen molar-refractivity contribution in [2.45, 2.75) is 68.9 Å². The van der Waals surface area contributed by atoms with Crippen LogP contribution in [0.5, 0.6) is 0 Å². The van der Waals surface area contributed by atoms with E-state index in [0.29, 0.717) is 26.1 Å². The van der Waals surface area contributed by atoms with Gasteiger partial charge in [-0.3, -0.25) is 14.4 Å². The third kappa shape index (κ3) is 4.06. The van der Waals surface area contributed by atoms with Crippen LogP contribution in [0.4, 0.5) is 0 Å². The van der Waals surface area contributed by atoms with Gasteiger partial charge in [0.1, 0.15) is 12.4 Å². The Kier molecular flexibility index (Phi) is 7.72. The second-order valence-electron chi connectivity index (χ2n) is 11.0. The predicted octanol–water partition coefficient (Wildman–Crippen LogP) is 3.29. The number of carbonyl (C=O) groups excluding carboxylic acids is 3. The van der Waals surface area contributed by atoms with Gasteiger partial charge >= 0.3 is 5.97 Å². The highest BCUT2D eigenvalue weighted by Gasteiger charge is 2.73. The van der Waals surface area contributed by atoms with Crippen molar-refractivity contribution in [3.63, 3.8) is 0 Å². The van der Waals surface area contributed by atoms with E-state index in [1.165, 1.54) is 6.92 Å². The predicted molar refractivity (Wildman–Crippen MR) is 134 cm³/mol. The highest BCUT2D eigenvalue weighted by molar-refractivity contribution is 9.10. The summed E-state index contributed by atoms with van der Waals surface area (Å²) in [6.45, 7) is 5.61. The van der Waals surface area contributed by atoms with E-state index in [1.54, 1.807) is 19.3 Å². The second-order valence-corrected chi connectivity index (χ2v) is 12.3. The van der Waals surface area contributed by atoms with Crippen LogP contribution in [0.1, 0.15) is 52.9 Å². The number of methoxy groups -OCH3 is 1. The Labute approximate surface area is 220 Å². The molecule has 0 amide bonds. The molecule has 0 aromatic heterocycles. The first-order valence-electron chi connectivity index (χ1n) is 12.6. The summed E-state index contributed by atoms with van der Waals surface area (Å²) in [5, 5.41) is 11.8. The van der Waals surface area contributed by atoms with Gasteiger partial charge in [-0.15, -0.1) is 0 Å². The summed E-state index contributed by atoms with van der Waals surface area (Å²) in [4.78, 5) is 37.3. The van der Waals surface area contributed by atoms with Crippen molar-refractivity contribution < 1.29 is 38.4 Å². The largest absolute Gasteiger partial charge is 0.458 e. The summed E-state index contributed by atoms with van der Waals surface area (Å²) in [5.74, 6) is -0.767. The SMILES string of the molecule is COCCOCO[C@]1(C(=O)COC(C)=O)CC[C@H]2[C@@H]3CCC4=CC(=O)C=C[C@]4(C)[C@@]3(Br)C(O)C[C@@]21C. The minimum atomic E-state index is -1.26. The fourth-order valence-corrected chi connectivity index (χ4v) is 8.70. The summed E-state index contributed by atoms with van der Waals surface area (Å²) in [6.07, 6.45) is 7.44. The van der Waals surface area contributed by atoms with Crippen molar-refractivity contribution in [3.05, 3.63) is 23.8 Å². The number of hydrogen-bond donors (Lipinski definition) is 1. The number of ether oxygens (including phenoxy) is 4. The molecule has 0 radical (unpaired) electrons. The van der Waals surface area contributed by atoms with E-state index in [1.807, 2.05) is 13.0 Å². The number of fused-ring (bicyclic) bond motifs is 5. The van der Waals surface area contributed by atoms with E-state index >= 15 is 0 Å². The topological polar surface area (TPSA) is 108 Å². The maximum absolute atomic E-state index is 13.7. The quantitative estimate of drug-likeness (QED) is 0.195. The molecule has 0 aromatic rings. The maximum atomic E-state index is 13.7. The van der Waals surface area contributed by atoms with Crippen LogP contribution in [-0.2, 0) is 33.3 Å². The molecule has 7 atom stereocenters. The smallest absolute Gasteiger partial charge is 0.303 e. The molecule has 0 saturated heterocycles. The van der Waals surface area contributed by atoms with E-state index in [4.69, 9.17) is 18.9 Å². The van der Waals surface area contributed by atoms with E-state index in [2.05, 4.69) is 22.9 Å². The van der Waals surface area contributed by atoms with Crippen LogP contribution in [-0.4, -0.2) is 72.4 Å². The lowest BCUT2D eigenvalue weighted by Crippen LogP contribution is -2.68. The first-order valence-corrected chi connectivity index (χ1v) is 13.4. The summed E-state index contributed by atoms with van der Waals surface area (Å²) >= 11 is 4.04. The Bertz CT molecular complexity index is 977. The first-order chi connectivity index (χ1) is 17.0. The van der Waals surface area contributed by atoms with Crippen LogP contribution >= 0.6 is 15.9 Å². The van der Waals surface area contributed by atoms with Crippen LogP contribution < -0.4 is 0 Å². The lowest BCUT2D eigenvalue weighted by Gasteiger charge is -2.64. The van der Waals surface area contributed by atoms with Gasteiger partial charge in [0.25, 0.3) is 0 Å². The van der Waals surface area contributed by atoms with Crippen LogP contribution in [0.15, 0.2) is 23.8 Å². The van der Waals surface area contributed by atoms with Crippen molar-refractivity contribution in [1.29, 1.82) is 0 Å². The van der Waals surface area contributed by atoms with Gasteiger partial charge in [-0.2, -0.15) is 0 Å². The van der Waals surface area contributed by atoms with Crippen LogP contribution in [0.3, 0.4) is 0 Å². The zero-order valence-electron chi connectivity index (χ0n) is 21.5. The molecule has 1 N–H and O–H groups in total. The summed E-state index contributed by atoms with van der Waals surface area (Å²) in [6, 6.07) is 0. The van der Waals surface area contributed by atoms with E-state index in [9.17, 15) is 19.5 Å². The Morgan fingerprint density at radius 1 is 1.19 bits per heavy atom. The molecule has 3 fully saturated rings. The van der Waals surface area contributed by atoms with Gasteiger partial charge in [0.05, 0.1) is 23.6 Å². The molecule has 1 unspecified atom stereocenters. The summed E-state index contributed by atoms with van der Waals surface area (Å²) in [7, 11) is 1.58. The van der Waals surface area contributed by atoms with Gasteiger partial charge in [-0.1, -0.05) is 41.4 Å². The minimum absolute atomic E-state index is 0.0232. The Balaban J connectivity index is 1.69. The number of aliphatic hydroxyl groups is 1. The monoisotopic (exact) mass is 568 g/mol. The molecule has 36 heavy (non-hydrogen) atoms. The number of halogens is 1. The van der Waals surface area contributed by atoms with Crippen molar-refractivity contribution in [3.8, 4) is 0 Å². The number of rotatable bonds is 9. The second kappa shape index (κ2) is 10.1. The number of allylic oxidation sites excluding steroid dienone is 4. The maximum Gasteiger partial charge on any atom is 0.303 e. The van der Waals surface area contributed by atoms with Crippen LogP contribution in [0, 0.1) is 22.7 Å². The molecule has 4 aliphatic carbocycles. The fraction of sp³-hybridized carbons (Fsp3) is 0.741. The van der Waals surface area contributed by atoms with Gasteiger partial charge < -0.3 is 24.1 Å². The number of esters is 1. The molecule has 0 spiro atoms. The molecule has 0 bridgehead atoms. The molecular weight excluding hydrogens is 532 g/mol. The van der Waals surface area contributed by atoms with Gasteiger partial charge in [0, 0.05) is 24.9 Å². The number of hydrogen-bond acceptors (Lipinski definition) is 8. The van der Waals surface area contributed by atoms with Crippen molar-refractivity contribution >= 4 is 33.5 Å². The minimum Gasteiger partial charge on any atom is -0.458 e. The molecule has 4 rings (SSSR count). The Morgan fingerprint density at radius 3 is 2.64 bits per heavy atom. The fourth-order valence-electron chi connectivity index (χ4n) is 7.60. The molecule has 0 aromatic carbocycles. The van der Waals surface area contributed by atoms with Crippen LogP contribution in [0.25, 0.3) is 0 Å². The average molecular weight is 569 g/mol. The molecule has 4 aliphatic rings. The van der Waals surface area contributed by atoms with Crippen LogP contribution in [0.2, 0.25) is 0 Å². The Morgan fingerprint density at radius 2 is 1.94 bits per heavy atom. The molecule has 8 nitrogen and oxygen atoms in total. The number of aliphatic hydroxyl groups excluding tert-OH is 1. The highest BCUT2D eigenvalue weighted by atomic mass is 79.9. The molecular formula is C27H37BrO8. The van der Waals surface area contributed by atoms with Gasteiger partial charge in [0.15, 0.2) is 12.4 Å². The Hall–Kier alpha value is -1.39. The third-order valence-electron chi connectivity index (χ3n) is 9.44. The van der Waals surface area contributed by atoms with Crippen molar-refractivity contribution in [1.82, 2.24) is 0 Å². The third-order valence-corrected chi connectivity index (χ3v) is 11.4. The zero-order chi connectivity index (χ0) is 26.4. The number of carbonyl (C=O) groups is 3. The molecule has 0 heterocycles. The van der Waals surface area contributed by atoms with Crippen molar-refractivity contribution in [2.24, 2.45) is 22.7 Å². The van der Waals surface area contributed by atoms with Crippen molar-refractivity contribution in [2.75, 3.05) is 33.7 Å². The average Bonchev–Trinajstić information content (AvgIpc) is 3.11. The standard InChI is InChI=1S/C27H37BrO8/c1-17(29)35-15-23(32)26(36-16-34-12-11-33-4)10-8-20-21-6-5-18-13-19(30)7-9-24(18,2)27(21,28)22(31)14-25(20,26)3/h7,9,13,20-22,31H,5-6,8,10-12,14-16H2,1-4H3/t20-,21-,22?,24-,25-,26-,27-/m0/s1. The number of ketones is 2. The summed E-state index contributed by atoms with van der Waals surface area (Å²) in [5.41, 5.74) is -1.46. The van der Waals surface area contributed by atoms with Gasteiger partial charge in [-0.05, 0) is 56.1 Å². The molecule has 9 heteroatoms. The van der Waals surface area contributed by atoms with Gasteiger partial charge in [0.2, 0.25) is 5.78 Å².